The molecule has 2 saturated heterocycles. The maximum absolute atomic E-state index is 12.7. The normalized spacial score (nSPS) is 18.1. The average molecular weight is 430 g/mol. The molecule has 170 valence electrons. The summed E-state index contributed by atoms with van der Waals surface area (Å²) < 4.78 is 5.15. The number of hydrogen-bond donors (Lipinski definition) is 1. The van der Waals surface area contributed by atoms with Crippen molar-refractivity contribution in [3.05, 3.63) is 30.3 Å². The predicted molar refractivity (Wildman–Crippen MR) is 122 cm³/mol. The van der Waals surface area contributed by atoms with E-state index >= 15 is 0 Å². The number of ether oxygens (including phenoxy) is 1. The predicted octanol–water partition coefficient (Wildman–Crippen LogP) is 1.58. The molecule has 0 bridgehead atoms. The van der Waals surface area contributed by atoms with Gasteiger partial charge in [-0.05, 0) is 38.8 Å². The van der Waals surface area contributed by atoms with Crippen molar-refractivity contribution >= 4 is 23.5 Å². The molecule has 31 heavy (non-hydrogen) atoms. The molecule has 1 aromatic rings. The van der Waals surface area contributed by atoms with Gasteiger partial charge in [0.15, 0.2) is 5.96 Å². The Balaban J connectivity index is 1.49. The van der Waals surface area contributed by atoms with E-state index in [2.05, 4.69) is 32.2 Å². The zero-order valence-electron chi connectivity index (χ0n) is 18.8. The van der Waals surface area contributed by atoms with Crippen LogP contribution in [0, 0.1) is 5.92 Å². The number of nitrogens with one attached hydrogen (secondary N) is 1. The zero-order valence-corrected chi connectivity index (χ0v) is 18.8. The minimum absolute atomic E-state index is 0.0402. The fourth-order valence-electron chi connectivity index (χ4n) is 4.11. The summed E-state index contributed by atoms with van der Waals surface area (Å²) in [7, 11) is 0. The van der Waals surface area contributed by atoms with Crippen LogP contribution in [0.2, 0.25) is 0 Å². The highest BCUT2D eigenvalue weighted by molar-refractivity contribution is 5.85. The van der Waals surface area contributed by atoms with Gasteiger partial charge in [0.1, 0.15) is 6.54 Å². The van der Waals surface area contributed by atoms with Crippen molar-refractivity contribution in [3.8, 4) is 0 Å². The van der Waals surface area contributed by atoms with E-state index < -0.39 is 0 Å². The number of esters is 1. The molecule has 0 atom stereocenters. The maximum atomic E-state index is 12.7. The number of hydrogen-bond acceptors (Lipinski definition) is 5. The third kappa shape index (κ3) is 6.35. The fourth-order valence-corrected chi connectivity index (χ4v) is 4.11. The van der Waals surface area contributed by atoms with Crippen LogP contribution < -0.4 is 10.2 Å². The van der Waals surface area contributed by atoms with Crippen LogP contribution in [0.4, 0.5) is 5.69 Å². The highest BCUT2D eigenvalue weighted by Gasteiger charge is 2.28. The molecule has 2 heterocycles. The third-order valence-corrected chi connectivity index (χ3v) is 5.87. The molecular formula is C23H35N5O3. The van der Waals surface area contributed by atoms with E-state index in [1.807, 2.05) is 36.9 Å². The van der Waals surface area contributed by atoms with Crippen LogP contribution in [0.15, 0.2) is 35.3 Å². The van der Waals surface area contributed by atoms with E-state index in [1.54, 1.807) is 0 Å². The number of rotatable bonds is 6. The van der Waals surface area contributed by atoms with Crippen molar-refractivity contribution in [2.24, 2.45) is 10.9 Å². The van der Waals surface area contributed by atoms with Crippen LogP contribution in [-0.2, 0) is 14.3 Å². The number of amides is 1. The Hall–Kier alpha value is -2.77. The monoisotopic (exact) mass is 429 g/mol. The summed E-state index contributed by atoms with van der Waals surface area (Å²) in [5.74, 6) is 0.668. The lowest BCUT2D eigenvalue weighted by atomic mass is 9.97. The summed E-state index contributed by atoms with van der Waals surface area (Å²) in [5, 5.41) is 3.29. The molecule has 8 heteroatoms. The number of aliphatic imine (C=N–C) groups is 1. The first kappa shape index (κ1) is 22.9. The van der Waals surface area contributed by atoms with Gasteiger partial charge in [0.2, 0.25) is 5.91 Å². The van der Waals surface area contributed by atoms with Crippen molar-refractivity contribution in [1.82, 2.24) is 15.1 Å². The van der Waals surface area contributed by atoms with E-state index in [-0.39, 0.29) is 24.3 Å². The summed E-state index contributed by atoms with van der Waals surface area (Å²) >= 11 is 0. The molecular weight excluding hydrogens is 394 g/mol. The average Bonchev–Trinajstić information content (AvgIpc) is 2.82. The number of para-hydroxylation sites is 1. The number of nitrogens with zero attached hydrogens (tertiary/aromatic N) is 4. The second kappa shape index (κ2) is 11.6. The van der Waals surface area contributed by atoms with Crippen LogP contribution in [0.5, 0.6) is 0 Å². The molecule has 8 nitrogen and oxygen atoms in total. The molecule has 1 aromatic carbocycles. The molecule has 0 aromatic heterocycles. The van der Waals surface area contributed by atoms with Gasteiger partial charge in [0.05, 0.1) is 12.5 Å². The van der Waals surface area contributed by atoms with E-state index in [1.165, 1.54) is 5.69 Å². The first-order valence-electron chi connectivity index (χ1n) is 11.4. The summed E-state index contributed by atoms with van der Waals surface area (Å²) in [5.41, 5.74) is 1.20. The molecule has 0 saturated carbocycles. The number of likely N-dealkylation sites (tertiary alicyclic amines) is 1. The lowest BCUT2D eigenvalue weighted by molar-refractivity contribution is -0.149. The van der Waals surface area contributed by atoms with Crippen LogP contribution >= 0.6 is 0 Å². The lowest BCUT2D eigenvalue weighted by Crippen LogP contribution is -2.50. The van der Waals surface area contributed by atoms with Crippen molar-refractivity contribution < 1.29 is 14.3 Å². The Morgan fingerprint density at radius 1 is 1.00 bits per heavy atom. The maximum Gasteiger partial charge on any atom is 0.309 e. The van der Waals surface area contributed by atoms with Crippen LogP contribution in [0.1, 0.15) is 26.7 Å². The molecule has 3 rings (SSSR count). The summed E-state index contributed by atoms with van der Waals surface area (Å²) in [6, 6.07) is 10.3. The first-order chi connectivity index (χ1) is 15.1. The van der Waals surface area contributed by atoms with Crippen molar-refractivity contribution in [2.75, 3.05) is 63.9 Å². The Labute approximate surface area is 185 Å². The number of carbonyl (C=O) groups excluding carboxylic acids is 2. The quantitative estimate of drug-likeness (QED) is 0.420. The van der Waals surface area contributed by atoms with Gasteiger partial charge in [-0.3, -0.25) is 9.59 Å². The van der Waals surface area contributed by atoms with Gasteiger partial charge in [0, 0.05) is 51.5 Å². The minimum Gasteiger partial charge on any atom is -0.466 e. The largest absolute Gasteiger partial charge is 0.466 e. The third-order valence-electron chi connectivity index (χ3n) is 5.87. The Morgan fingerprint density at radius 2 is 1.68 bits per heavy atom. The van der Waals surface area contributed by atoms with Crippen LogP contribution in [-0.4, -0.2) is 86.6 Å². The van der Waals surface area contributed by atoms with Gasteiger partial charge >= 0.3 is 5.97 Å². The molecule has 1 N–H and O–H groups in total. The number of carbonyl (C=O) groups is 2. The Morgan fingerprint density at radius 3 is 2.29 bits per heavy atom. The highest BCUT2D eigenvalue weighted by Crippen LogP contribution is 2.19. The van der Waals surface area contributed by atoms with E-state index in [0.717, 1.165) is 51.5 Å². The highest BCUT2D eigenvalue weighted by atomic mass is 16.5. The number of piperidine rings is 1. The summed E-state index contributed by atoms with van der Waals surface area (Å²) in [6.07, 6.45) is 1.50. The SMILES string of the molecule is CCNC(=NCC(=O)N1CCN(c2ccccc2)CC1)N1CCC(C(=O)OCC)CC1. The van der Waals surface area contributed by atoms with Crippen LogP contribution in [0.3, 0.4) is 0 Å². The first-order valence-corrected chi connectivity index (χ1v) is 11.4. The summed E-state index contributed by atoms with van der Waals surface area (Å²) in [6.45, 7) is 9.72. The molecule has 2 aliphatic rings. The van der Waals surface area contributed by atoms with Crippen molar-refractivity contribution in [3.63, 3.8) is 0 Å². The minimum atomic E-state index is -0.103. The molecule has 0 unspecified atom stereocenters. The number of benzene rings is 1. The van der Waals surface area contributed by atoms with E-state index in [4.69, 9.17) is 4.74 Å². The van der Waals surface area contributed by atoms with E-state index in [9.17, 15) is 9.59 Å². The van der Waals surface area contributed by atoms with E-state index in [0.29, 0.717) is 19.7 Å². The van der Waals surface area contributed by atoms with Gasteiger partial charge in [-0.15, -0.1) is 0 Å². The second-order valence-electron chi connectivity index (χ2n) is 7.89. The number of anilines is 1. The summed E-state index contributed by atoms with van der Waals surface area (Å²) in [4.78, 5) is 35.7. The topological polar surface area (TPSA) is 77.5 Å². The Kier molecular flexibility index (Phi) is 8.55. The van der Waals surface area contributed by atoms with Gasteiger partial charge in [-0.2, -0.15) is 0 Å². The number of guanidine groups is 1. The molecule has 0 spiro atoms. The molecule has 2 fully saturated rings. The second-order valence-corrected chi connectivity index (χ2v) is 7.89. The molecule has 2 aliphatic heterocycles. The molecule has 1 amide bonds. The lowest BCUT2D eigenvalue weighted by Gasteiger charge is -2.36. The molecule has 0 radical (unpaired) electrons. The zero-order chi connectivity index (χ0) is 22.1. The van der Waals surface area contributed by atoms with Crippen molar-refractivity contribution in [2.45, 2.75) is 26.7 Å². The molecule has 0 aliphatic carbocycles. The van der Waals surface area contributed by atoms with Crippen LogP contribution in [0.25, 0.3) is 0 Å². The fraction of sp³-hybridized carbons (Fsp3) is 0.609. The van der Waals surface area contributed by atoms with Gasteiger partial charge in [0.25, 0.3) is 0 Å². The smallest absolute Gasteiger partial charge is 0.309 e. The van der Waals surface area contributed by atoms with Gasteiger partial charge in [-0.1, -0.05) is 18.2 Å². The standard InChI is InChI=1S/C23H35N5O3/c1-3-24-23(28-12-10-19(11-13-28)22(30)31-4-2)25-18-21(29)27-16-14-26(15-17-27)20-8-6-5-7-9-20/h5-9,19H,3-4,10-18H2,1-2H3,(H,24,25). The van der Waals surface area contributed by atoms with Gasteiger partial charge < -0.3 is 24.8 Å². The number of piperazine rings is 1. The van der Waals surface area contributed by atoms with Gasteiger partial charge in [-0.25, -0.2) is 4.99 Å². The Bertz CT molecular complexity index is 739. The van der Waals surface area contributed by atoms with Crippen molar-refractivity contribution in [1.29, 1.82) is 0 Å².